The molecule has 2 heterocycles. The zero-order chi connectivity index (χ0) is 25.9. The highest BCUT2D eigenvalue weighted by molar-refractivity contribution is 7.89. The Hall–Kier alpha value is -3.29. The Balaban J connectivity index is 1.51. The maximum Gasteiger partial charge on any atom is 0.240 e. The van der Waals surface area contributed by atoms with Gasteiger partial charge in [-0.15, -0.1) is 5.23 Å². The Bertz CT molecular complexity index is 1490. The van der Waals surface area contributed by atoms with E-state index in [1.54, 1.807) is 14.0 Å². The van der Waals surface area contributed by atoms with Crippen molar-refractivity contribution >= 4 is 43.5 Å². The molecule has 36 heavy (non-hydrogen) atoms. The first kappa shape index (κ1) is 25.8. The average molecular weight is 515 g/mol. The van der Waals surface area contributed by atoms with Crippen molar-refractivity contribution in [3.8, 4) is 0 Å². The summed E-state index contributed by atoms with van der Waals surface area (Å²) in [7, 11) is -2.19. The first-order valence-corrected chi connectivity index (χ1v) is 13.0. The number of aromatic nitrogens is 3. The van der Waals surface area contributed by atoms with Gasteiger partial charge in [0.05, 0.1) is 28.2 Å². The number of unbranched alkanes of at least 4 members (excludes halogenated alkanes) is 1. The number of sulfonamides is 1. The molecule has 0 spiro atoms. The fourth-order valence-corrected chi connectivity index (χ4v) is 5.55. The van der Waals surface area contributed by atoms with Gasteiger partial charge in [0, 0.05) is 32.0 Å². The van der Waals surface area contributed by atoms with Crippen LogP contribution >= 0.6 is 0 Å². The first-order chi connectivity index (χ1) is 17.2. The normalized spacial score (nSPS) is 12.0. The smallest absolute Gasteiger partial charge is 0.240 e. The average Bonchev–Trinajstić information content (AvgIpc) is 3.21. The number of ether oxygens (including phenoxy) is 1. The van der Waals surface area contributed by atoms with Crippen LogP contribution in [-0.2, 0) is 27.7 Å². The van der Waals surface area contributed by atoms with Crippen LogP contribution in [0.5, 0.6) is 0 Å². The molecular formula is C24H30N6O5S. The van der Waals surface area contributed by atoms with E-state index in [4.69, 9.17) is 15.5 Å². The second-order valence-corrected chi connectivity index (χ2v) is 10.2. The molecule has 2 aromatic carbocycles. The van der Waals surface area contributed by atoms with Gasteiger partial charge in [-0.05, 0) is 43.5 Å². The van der Waals surface area contributed by atoms with Crippen molar-refractivity contribution in [3.05, 3.63) is 53.9 Å². The molecule has 192 valence electrons. The number of hydrogen-bond acceptors (Lipinski definition) is 9. The largest absolute Gasteiger partial charge is 0.384 e. The molecule has 4 aromatic rings. The van der Waals surface area contributed by atoms with Crippen molar-refractivity contribution in [2.45, 2.75) is 37.6 Å². The minimum atomic E-state index is -3.83. The highest BCUT2D eigenvalue weighted by Gasteiger charge is 2.19. The molecule has 0 amide bonds. The van der Waals surface area contributed by atoms with Gasteiger partial charge in [0.25, 0.3) is 0 Å². The molecule has 0 aliphatic carbocycles. The van der Waals surface area contributed by atoms with Crippen LogP contribution in [0.1, 0.15) is 24.2 Å². The van der Waals surface area contributed by atoms with Crippen molar-refractivity contribution in [1.82, 2.24) is 19.3 Å². The van der Waals surface area contributed by atoms with Crippen LogP contribution in [-0.4, -0.2) is 53.6 Å². The predicted octanol–water partition coefficient (Wildman–Crippen LogP) is 3.01. The van der Waals surface area contributed by atoms with Gasteiger partial charge in [-0.2, -0.15) is 0 Å². The minimum absolute atomic E-state index is 0.00926. The summed E-state index contributed by atoms with van der Waals surface area (Å²) in [4.78, 5) is 9.23. The van der Waals surface area contributed by atoms with E-state index in [-0.39, 0.29) is 22.4 Å². The first-order valence-electron chi connectivity index (χ1n) is 11.5. The summed E-state index contributed by atoms with van der Waals surface area (Å²) in [5.74, 6) is 1.21. The lowest BCUT2D eigenvalue weighted by Gasteiger charge is -2.14. The van der Waals surface area contributed by atoms with Gasteiger partial charge >= 0.3 is 0 Å². The van der Waals surface area contributed by atoms with E-state index in [1.165, 1.54) is 18.2 Å². The summed E-state index contributed by atoms with van der Waals surface area (Å²) in [5, 5.41) is 19.3. The maximum absolute atomic E-state index is 12.8. The molecule has 0 radical (unpaired) electrons. The van der Waals surface area contributed by atoms with Gasteiger partial charge in [0.1, 0.15) is 11.3 Å². The lowest BCUT2D eigenvalue weighted by Crippen LogP contribution is -2.26. The van der Waals surface area contributed by atoms with Crippen molar-refractivity contribution in [2.75, 3.05) is 31.2 Å². The molecule has 0 atom stereocenters. The van der Waals surface area contributed by atoms with E-state index in [0.717, 1.165) is 22.2 Å². The Kier molecular flexibility index (Phi) is 7.71. The fraction of sp³-hybridized carbons (Fsp3) is 0.333. The lowest BCUT2D eigenvalue weighted by molar-refractivity contribution is 0.0290. The summed E-state index contributed by atoms with van der Waals surface area (Å²) in [6, 6.07) is 11.9. The number of anilines is 2. The van der Waals surface area contributed by atoms with E-state index in [0.29, 0.717) is 49.3 Å². The molecule has 0 saturated heterocycles. The number of hydrogen-bond donors (Lipinski definition) is 4. The van der Waals surface area contributed by atoms with E-state index in [1.807, 2.05) is 24.3 Å². The molecular weight excluding hydrogens is 484 g/mol. The molecule has 4 rings (SSSR count). The van der Waals surface area contributed by atoms with Gasteiger partial charge < -0.3 is 15.0 Å². The summed E-state index contributed by atoms with van der Waals surface area (Å²) in [6.07, 6.45) is 1.87. The zero-order valence-electron chi connectivity index (χ0n) is 20.2. The van der Waals surface area contributed by atoms with E-state index >= 15 is 0 Å². The number of benzene rings is 2. The SMILES string of the molecule is COCCc1nc2c(N)nc3ccccc3c2n1CCCCNS(=O)(=O)c1cc(N(O)O)ccc1C. The van der Waals surface area contributed by atoms with Crippen LogP contribution in [0.2, 0.25) is 0 Å². The third kappa shape index (κ3) is 5.27. The maximum atomic E-state index is 12.8. The van der Waals surface area contributed by atoms with Crippen LogP contribution in [0.4, 0.5) is 11.5 Å². The molecule has 5 N–H and O–H groups in total. The highest BCUT2D eigenvalue weighted by Crippen LogP contribution is 2.29. The lowest BCUT2D eigenvalue weighted by atomic mass is 10.2. The van der Waals surface area contributed by atoms with Gasteiger partial charge in [-0.25, -0.2) is 23.1 Å². The van der Waals surface area contributed by atoms with Crippen molar-refractivity contribution in [1.29, 1.82) is 0 Å². The van der Waals surface area contributed by atoms with Gasteiger partial charge in [0.2, 0.25) is 10.0 Å². The molecule has 12 heteroatoms. The number of pyridine rings is 1. The molecule has 0 bridgehead atoms. The zero-order valence-corrected chi connectivity index (χ0v) is 21.0. The van der Waals surface area contributed by atoms with Crippen LogP contribution in [0, 0.1) is 6.92 Å². The van der Waals surface area contributed by atoms with Crippen molar-refractivity contribution < 1.29 is 23.6 Å². The van der Waals surface area contributed by atoms with Crippen LogP contribution in [0.15, 0.2) is 47.4 Å². The molecule has 0 saturated carbocycles. The van der Waals surface area contributed by atoms with Gasteiger partial charge in [-0.3, -0.25) is 10.4 Å². The predicted molar refractivity (Wildman–Crippen MR) is 137 cm³/mol. The number of imidazole rings is 1. The number of nitrogens with two attached hydrogens (primary N) is 1. The Morgan fingerprint density at radius 3 is 2.67 bits per heavy atom. The van der Waals surface area contributed by atoms with E-state index in [2.05, 4.69) is 14.3 Å². The fourth-order valence-electron chi connectivity index (χ4n) is 4.21. The van der Waals surface area contributed by atoms with Gasteiger partial charge in [0.15, 0.2) is 5.82 Å². The number of nitrogen functional groups attached to an aromatic ring is 1. The van der Waals surface area contributed by atoms with E-state index < -0.39 is 10.0 Å². The highest BCUT2D eigenvalue weighted by atomic mass is 32.2. The number of nitrogens with one attached hydrogen (secondary N) is 1. The molecule has 0 unspecified atom stereocenters. The topological polar surface area (TPSA) is 156 Å². The van der Waals surface area contributed by atoms with Gasteiger partial charge in [-0.1, -0.05) is 24.3 Å². The number of para-hydroxylation sites is 1. The number of nitrogens with zero attached hydrogens (tertiary/aromatic N) is 4. The van der Waals surface area contributed by atoms with Crippen LogP contribution < -0.4 is 15.7 Å². The monoisotopic (exact) mass is 514 g/mol. The third-order valence-corrected chi connectivity index (χ3v) is 7.61. The number of methoxy groups -OCH3 is 1. The Labute approximate surface area is 209 Å². The molecule has 11 nitrogen and oxygen atoms in total. The summed E-state index contributed by atoms with van der Waals surface area (Å²) < 4.78 is 35.6. The minimum Gasteiger partial charge on any atom is -0.384 e. The molecule has 0 aliphatic rings. The number of aryl methyl sites for hydroxylation is 2. The third-order valence-electron chi connectivity index (χ3n) is 6.01. The summed E-state index contributed by atoms with van der Waals surface area (Å²) >= 11 is 0. The van der Waals surface area contributed by atoms with Crippen LogP contribution in [0.25, 0.3) is 21.9 Å². The summed E-state index contributed by atoms with van der Waals surface area (Å²) in [5.41, 5.74) is 9.03. The number of fused-ring (bicyclic) bond motifs is 3. The molecule has 2 aromatic heterocycles. The quantitative estimate of drug-likeness (QED) is 0.174. The standard InChI is InChI=1S/C24H30N6O5S/c1-16-9-10-17(30(31)32)15-20(16)36(33,34)26-12-5-6-13-29-21(11-14-35-2)28-22-23(29)18-7-3-4-8-19(18)27-24(22)25/h3-4,7-10,15,26,31-32H,5-6,11-14H2,1-2H3,(H2,25,27). The second-order valence-electron chi connectivity index (χ2n) is 8.48. The Morgan fingerprint density at radius 2 is 1.92 bits per heavy atom. The Morgan fingerprint density at radius 1 is 1.14 bits per heavy atom. The molecule has 0 fully saturated rings. The number of rotatable bonds is 11. The van der Waals surface area contributed by atoms with E-state index in [9.17, 15) is 18.8 Å². The van der Waals surface area contributed by atoms with Crippen LogP contribution in [0.3, 0.4) is 0 Å². The second kappa shape index (κ2) is 10.8. The van der Waals surface area contributed by atoms with Crippen molar-refractivity contribution in [3.63, 3.8) is 0 Å². The summed E-state index contributed by atoms with van der Waals surface area (Å²) in [6.45, 7) is 2.99. The van der Waals surface area contributed by atoms with Crippen molar-refractivity contribution in [2.24, 2.45) is 0 Å². The molecule has 0 aliphatic heterocycles.